The second kappa shape index (κ2) is 4.42. The Morgan fingerprint density at radius 3 is 2.14 bits per heavy atom. The minimum atomic E-state index is -0.153. The number of piperidine rings is 2. The van der Waals surface area contributed by atoms with Gasteiger partial charge in [-0.05, 0) is 26.3 Å². The highest BCUT2D eigenvalue weighted by Crippen LogP contribution is 2.48. The van der Waals surface area contributed by atoms with E-state index < -0.39 is 0 Å². The maximum absolute atomic E-state index is 12.7. The summed E-state index contributed by atoms with van der Waals surface area (Å²) in [5, 5.41) is 4.58. The lowest BCUT2D eigenvalue weighted by Crippen LogP contribution is -2.78. The molecule has 4 aliphatic rings. The standard InChI is InChI=1S/C17H26N4O/c1-12-7-13(2)21(18-12)6-5-14-19-8-16(3)9-20(14)11-17(4,10-19)15(16)22/h7,14H,5-6,8-11H2,1-4H3. The van der Waals surface area contributed by atoms with E-state index in [1.54, 1.807) is 0 Å². The number of aromatic nitrogens is 2. The van der Waals surface area contributed by atoms with Crippen LogP contribution in [0, 0.1) is 24.7 Å². The lowest BCUT2D eigenvalue weighted by molar-refractivity contribution is -0.196. The molecule has 5 rings (SSSR count). The van der Waals surface area contributed by atoms with E-state index in [1.807, 2.05) is 6.92 Å². The Balaban J connectivity index is 1.52. The summed E-state index contributed by atoms with van der Waals surface area (Å²) in [5.74, 6) is 0.490. The first-order chi connectivity index (χ1) is 10.3. The van der Waals surface area contributed by atoms with Gasteiger partial charge in [0.1, 0.15) is 5.78 Å². The first kappa shape index (κ1) is 14.4. The smallest absolute Gasteiger partial charge is 0.149 e. The van der Waals surface area contributed by atoms with Crippen molar-refractivity contribution in [2.45, 2.75) is 46.8 Å². The molecule has 0 N–H and O–H groups in total. The molecule has 4 bridgehead atoms. The lowest BCUT2D eigenvalue weighted by Gasteiger charge is -2.64. The van der Waals surface area contributed by atoms with Crippen molar-refractivity contribution in [3.63, 3.8) is 0 Å². The molecule has 5 heteroatoms. The summed E-state index contributed by atoms with van der Waals surface area (Å²) < 4.78 is 2.12. The summed E-state index contributed by atoms with van der Waals surface area (Å²) in [7, 11) is 0. The highest BCUT2D eigenvalue weighted by molar-refractivity contribution is 5.92. The molecule has 0 aromatic carbocycles. The second-order valence-corrected chi connectivity index (χ2v) is 8.18. The summed E-state index contributed by atoms with van der Waals surface area (Å²) in [6.45, 7) is 13.2. The number of hydrogen-bond donors (Lipinski definition) is 0. The third-order valence-electron chi connectivity index (χ3n) is 5.85. The average Bonchev–Trinajstić information content (AvgIpc) is 2.72. The Hall–Kier alpha value is -1.20. The topological polar surface area (TPSA) is 41.4 Å². The average molecular weight is 302 g/mol. The van der Waals surface area contributed by atoms with E-state index in [9.17, 15) is 4.79 Å². The Labute approximate surface area is 132 Å². The first-order valence-electron chi connectivity index (χ1n) is 8.35. The SMILES string of the molecule is Cc1cc(C)n(CCC2N3CC4(C)CN2CC(C)(C3)C4=O)n1. The van der Waals surface area contributed by atoms with Gasteiger partial charge in [-0.15, -0.1) is 0 Å². The molecule has 0 spiro atoms. The van der Waals surface area contributed by atoms with E-state index >= 15 is 0 Å². The largest absolute Gasteiger partial charge is 0.298 e. The number of carbonyl (C=O) groups is 1. The van der Waals surface area contributed by atoms with Crippen LogP contribution in [0.2, 0.25) is 0 Å². The van der Waals surface area contributed by atoms with Gasteiger partial charge in [-0.3, -0.25) is 19.3 Å². The minimum Gasteiger partial charge on any atom is -0.298 e. The van der Waals surface area contributed by atoms with Crippen LogP contribution in [-0.4, -0.2) is 57.7 Å². The van der Waals surface area contributed by atoms with Crippen LogP contribution in [0.15, 0.2) is 6.07 Å². The Morgan fingerprint density at radius 1 is 1.14 bits per heavy atom. The third-order valence-corrected chi connectivity index (χ3v) is 5.85. The minimum absolute atomic E-state index is 0.153. The van der Waals surface area contributed by atoms with Crippen LogP contribution in [0.5, 0.6) is 0 Å². The van der Waals surface area contributed by atoms with E-state index in [0.717, 1.165) is 44.8 Å². The Kier molecular flexibility index (Phi) is 2.89. The zero-order valence-electron chi connectivity index (χ0n) is 14.1. The van der Waals surface area contributed by atoms with Crippen molar-refractivity contribution in [1.29, 1.82) is 0 Å². The number of carbonyl (C=O) groups excluding carboxylic acids is 1. The van der Waals surface area contributed by atoms with E-state index in [4.69, 9.17) is 0 Å². The van der Waals surface area contributed by atoms with Crippen LogP contribution in [0.1, 0.15) is 31.7 Å². The molecule has 5 nitrogen and oxygen atoms in total. The highest BCUT2D eigenvalue weighted by atomic mass is 16.1. The quantitative estimate of drug-likeness (QED) is 0.847. The van der Waals surface area contributed by atoms with Crippen LogP contribution < -0.4 is 0 Å². The molecule has 4 aliphatic heterocycles. The maximum atomic E-state index is 12.7. The van der Waals surface area contributed by atoms with E-state index in [1.165, 1.54) is 5.69 Å². The van der Waals surface area contributed by atoms with Gasteiger partial charge < -0.3 is 0 Å². The molecule has 4 fully saturated rings. The molecule has 4 saturated heterocycles. The molecule has 0 atom stereocenters. The summed E-state index contributed by atoms with van der Waals surface area (Å²) in [5.41, 5.74) is 2.02. The number of nitrogens with zero attached hydrogens (tertiary/aromatic N) is 4. The zero-order valence-corrected chi connectivity index (χ0v) is 14.1. The lowest BCUT2D eigenvalue weighted by atomic mass is 9.62. The number of ketones is 1. The van der Waals surface area contributed by atoms with Crippen LogP contribution >= 0.6 is 0 Å². The monoisotopic (exact) mass is 302 g/mol. The second-order valence-electron chi connectivity index (χ2n) is 8.18. The normalized spacial score (nSPS) is 43.1. The molecule has 0 aliphatic carbocycles. The highest BCUT2D eigenvalue weighted by Gasteiger charge is 2.61. The molecule has 0 radical (unpaired) electrons. The molecule has 22 heavy (non-hydrogen) atoms. The number of rotatable bonds is 3. The predicted molar refractivity (Wildman–Crippen MR) is 84.5 cm³/mol. The summed E-state index contributed by atoms with van der Waals surface area (Å²) >= 11 is 0. The summed E-state index contributed by atoms with van der Waals surface area (Å²) in [6, 6.07) is 2.14. The fourth-order valence-electron chi connectivity index (χ4n) is 5.18. The van der Waals surface area contributed by atoms with Gasteiger partial charge in [-0.25, -0.2) is 0 Å². The van der Waals surface area contributed by atoms with Gasteiger partial charge in [0.25, 0.3) is 0 Å². The number of aryl methyl sites for hydroxylation is 3. The van der Waals surface area contributed by atoms with Gasteiger partial charge in [0.2, 0.25) is 0 Å². The van der Waals surface area contributed by atoms with Crippen molar-refractivity contribution in [2.24, 2.45) is 10.8 Å². The van der Waals surface area contributed by atoms with Gasteiger partial charge in [0.15, 0.2) is 0 Å². The van der Waals surface area contributed by atoms with Crippen molar-refractivity contribution in [3.05, 3.63) is 17.5 Å². The van der Waals surface area contributed by atoms with Crippen molar-refractivity contribution >= 4 is 5.78 Å². The maximum Gasteiger partial charge on any atom is 0.149 e. The summed E-state index contributed by atoms with van der Waals surface area (Å²) in [4.78, 5) is 17.8. The molecule has 0 amide bonds. The van der Waals surface area contributed by atoms with Gasteiger partial charge in [-0.2, -0.15) is 5.10 Å². The van der Waals surface area contributed by atoms with Crippen molar-refractivity contribution < 1.29 is 4.79 Å². The zero-order chi connectivity index (χ0) is 15.7. The fraction of sp³-hybridized carbons (Fsp3) is 0.765. The van der Waals surface area contributed by atoms with Gasteiger partial charge in [0.05, 0.1) is 22.7 Å². The molecule has 1 aromatic rings. The molecule has 0 unspecified atom stereocenters. The first-order valence-corrected chi connectivity index (χ1v) is 8.35. The van der Waals surface area contributed by atoms with Crippen LogP contribution in [0.25, 0.3) is 0 Å². The van der Waals surface area contributed by atoms with Crippen LogP contribution in [0.4, 0.5) is 0 Å². The number of Topliss-reactive ketones (excluding diaryl/α,β-unsaturated/α-hetero) is 1. The fourth-order valence-corrected chi connectivity index (χ4v) is 5.18. The Morgan fingerprint density at radius 2 is 1.68 bits per heavy atom. The van der Waals surface area contributed by atoms with Gasteiger partial charge in [-0.1, -0.05) is 13.8 Å². The molecule has 0 saturated carbocycles. The molecule has 5 heterocycles. The molecule has 1 aromatic heterocycles. The predicted octanol–water partition coefficient (Wildman–Crippen LogP) is 1.44. The number of hydrogen-bond acceptors (Lipinski definition) is 4. The van der Waals surface area contributed by atoms with Gasteiger partial charge >= 0.3 is 0 Å². The van der Waals surface area contributed by atoms with Crippen molar-refractivity contribution in [1.82, 2.24) is 19.6 Å². The van der Waals surface area contributed by atoms with E-state index in [0.29, 0.717) is 11.9 Å². The van der Waals surface area contributed by atoms with Crippen molar-refractivity contribution in [3.8, 4) is 0 Å². The van der Waals surface area contributed by atoms with E-state index in [2.05, 4.69) is 46.4 Å². The Bertz CT molecular complexity index is 595. The van der Waals surface area contributed by atoms with Crippen molar-refractivity contribution in [2.75, 3.05) is 26.2 Å². The molecular formula is C17H26N4O. The van der Waals surface area contributed by atoms with Gasteiger partial charge in [0, 0.05) is 38.4 Å². The molecule has 120 valence electrons. The summed E-state index contributed by atoms with van der Waals surface area (Å²) in [6.07, 6.45) is 1.56. The van der Waals surface area contributed by atoms with Crippen LogP contribution in [0.3, 0.4) is 0 Å². The van der Waals surface area contributed by atoms with E-state index in [-0.39, 0.29) is 10.8 Å². The molecular weight excluding hydrogens is 276 g/mol. The van der Waals surface area contributed by atoms with Crippen LogP contribution in [-0.2, 0) is 11.3 Å². The third kappa shape index (κ3) is 1.91.